The van der Waals surface area contributed by atoms with Gasteiger partial charge < -0.3 is 11.5 Å². The van der Waals surface area contributed by atoms with E-state index < -0.39 is 0 Å². The Kier molecular flexibility index (Phi) is 4.66. The molecule has 0 aliphatic heterocycles. The van der Waals surface area contributed by atoms with Crippen molar-refractivity contribution >= 4 is 0 Å². The lowest BCUT2D eigenvalue weighted by Gasteiger charge is -2.29. The van der Waals surface area contributed by atoms with Crippen LogP contribution in [0.5, 0.6) is 0 Å². The zero-order valence-electron chi connectivity index (χ0n) is 10.5. The average molecular weight is 224 g/mol. The SMILES string of the molecule is NC1CCCC(CC2CCC(N)CC2)CC1. The van der Waals surface area contributed by atoms with Crippen LogP contribution in [-0.2, 0) is 0 Å². The van der Waals surface area contributed by atoms with Gasteiger partial charge in [0.1, 0.15) is 0 Å². The van der Waals surface area contributed by atoms with Crippen molar-refractivity contribution in [3.8, 4) is 0 Å². The van der Waals surface area contributed by atoms with Gasteiger partial charge in [-0.1, -0.05) is 12.8 Å². The summed E-state index contributed by atoms with van der Waals surface area (Å²) in [5, 5.41) is 0. The third-order valence-corrected chi connectivity index (χ3v) is 4.69. The summed E-state index contributed by atoms with van der Waals surface area (Å²) < 4.78 is 0. The molecule has 0 bridgehead atoms. The molecule has 2 rings (SSSR count). The molecule has 0 aromatic rings. The van der Waals surface area contributed by atoms with Gasteiger partial charge in [-0.15, -0.1) is 0 Å². The van der Waals surface area contributed by atoms with Crippen molar-refractivity contribution in [1.82, 2.24) is 0 Å². The molecule has 2 aliphatic rings. The number of nitrogens with two attached hydrogens (primary N) is 2. The van der Waals surface area contributed by atoms with E-state index in [4.69, 9.17) is 11.5 Å². The van der Waals surface area contributed by atoms with Crippen LogP contribution in [-0.4, -0.2) is 12.1 Å². The van der Waals surface area contributed by atoms with E-state index >= 15 is 0 Å². The summed E-state index contributed by atoms with van der Waals surface area (Å²) >= 11 is 0. The smallest absolute Gasteiger partial charge is 0.00390 e. The van der Waals surface area contributed by atoms with E-state index in [1.165, 1.54) is 64.2 Å². The van der Waals surface area contributed by atoms with Gasteiger partial charge in [-0.05, 0) is 63.2 Å². The van der Waals surface area contributed by atoms with Crippen molar-refractivity contribution in [2.45, 2.75) is 76.3 Å². The Labute approximate surface area is 100 Å². The largest absolute Gasteiger partial charge is 0.328 e. The minimum Gasteiger partial charge on any atom is -0.328 e. The predicted octanol–water partition coefficient (Wildman–Crippen LogP) is 2.80. The molecule has 0 aromatic heterocycles. The monoisotopic (exact) mass is 224 g/mol. The molecular weight excluding hydrogens is 196 g/mol. The topological polar surface area (TPSA) is 52.0 Å². The van der Waals surface area contributed by atoms with Crippen LogP contribution in [0.25, 0.3) is 0 Å². The molecule has 2 aliphatic carbocycles. The van der Waals surface area contributed by atoms with Gasteiger partial charge in [-0.25, -0.2) is 0 Å². The van der Waals surface area contributed by atoms with Crippen LogP contribution in [0.1, 0.15) is 64.2 Å². The molecule has 0 amide bonds. The molecule has 2 unspecified atom stereocenters. The van der Waals surface area contributed by atoms with Crippen molar-refractivity contribution in [2.75, 3.05) is 0 Å². The molecule has 4 N–H and O–H groups in total. The normalized spacial score (nSPS) is 41.6. The number of hydrogen-bond donors (Lipinski definition) is 2. The van der Waals surface area contributed by atoms with Gasteiger partial charge in [0.05, 0.1) is 0 Å². The first-order valence-electron chi connectivity index (χ1n) is 7.25. The van der Waals surface area contributed by atoms with Gasteiger partial charge in [0.2, 0.25) is 0 Å². The molecule has 2 saturated carbocycles. The quantitative estimate of drug-likeness (QED) is 0.709. The highest BCUT2D eigenvalue weighted by Gasteiger charge is 2.23. The van der Waals surface area contributed by atoms with Gasteiger partial charge in [0.25, 0.3) is 0 Å². The van der Waals surface area contributed by atoms with Crippen LogP contribution in [0, 0.1) is 11.8 Å². The van der Waals surface area contributed by atoms with Gasteiger partial charge in [-0.2, -0.15) is 0 Å². The first kappa shape index (κ1) is 12.4. The van der Waals surface area contributed by atoms with Crippen molar-refractivity contribution in [3.05, 3.63) is 0 Å². The Hall–Kier alpha value is -0.0800. The molecule has 0 aromatic carbocycles. The summed E-state index contributed by atoms with van der Waals surface area (Å²) in [6.07, 6.45) is 13.4. The molecule has 2 fully saturated rings. The van der Waals surface area contributed by atoms with Gasteiger partial charge >= 0.3 is 0 Å². The molecule has 0 heterocycles. The second kappa shape index (κ2) is 6.02. The minimum atomic E-state index is 0.491. The molecule has 2 heteroatoms. The highest BCUT2D eigenvalue weighted by molar-refractivity contribution is 4.79. The van der Waals surface area contributed by atoms with Gasteiger partial charge in [0.15, 0.2) is 0 Å². The molecule has 0 spiro atoms. The van der Waals surface area contributed by atoms with Crippen LogP contribution in [0.2, 0.25) is 0 Å². The Balaban J connectivity index is 1.72. The lowest BCUT2D eigenvalue weighted by molar-refractivity contribution is 0.256. The maximum atomic E-state index is 6.03. The van der Waals surface area contributed by atoms with Crippen LogP contribution in [0.4, 0.5) is 0 Å². The first-order valence-corrected chi connectivity index (χ1v) is 7.25. The standard InChI is InChI=1S/C14H28N2/c15-13-3-1-2-11(4-7-13)10-12-5-8-14(16)9-6-12/h11-14H,1-10,15-16H2. The molecular formula is C14H28N2. The van der Waals surface area contributed by atoms with E-state index in [1.807, 2.05) is 0 Å². The molecule has 2 nitrogen and oxygen atoms in total. The lowest BCUT2D eigenvalue weighted by atomic mass is 9.79. The van der Waals surface area contributed by atoms with E-state index in [2.05, 4.69) is 0 Å². The van der Waals surface area contributed by atoms with Crippen molar-refractivity contribution in [3.63, 3.8) is 0 Å². The lowest BCUT2D eigenvalue weighted by Crippen LogP contribution is -2.27. The Morgan fingerprint density at radius 3 is 1.75 bits per heavy atom. The highest BCUT2D eigenvalue weighted by Crippen LogP contribution is 2.34. The Bertz CT molecular complexity index is 197. The Morgan fingerprint density at radius 2 is 1.12 bits per heavy atom. The fraction of sp³-hybridized carbons (Fsp3) is 1.00. The maximum Gasteiger partial charge on any atom is 0.00390 e. The van der Waals surface area contributed by atoms with E-state index in [1.54, 1.807) is 0 Å². The zero-order chi connectivity index (χ0) is 11.4. The highest BCUT2D eigenvalue weighted by atomic mass is 14.6. The third-order valence-electron chi connectivity index (χ3n) is 4.69. The van der Waals surface area contributed by atoms with Crippen molar-refractivity contribution in [2.24, 2.45) is 23.3 Å². The first-order chi connectivity index (χ1) is 7.74. The van der Waals surface area contributed by atoms with E-state index in [9.17, 15) is 0 Å². The summed E-state index contributed by atoms with van der Waals surface area (Å²) in [4.78, 5) is 0. The predicted molar refractivity (Wildman–Crippen MR) is 69.1 cm³/mol. The molecule has 0 radical (unpaired) electrons. The van der Waals surface area contributed by atoms with Crippen molar-refractivity contribution in [1.29, 1.82) is 0 Å². The maximum absolute atomic E-state index is 6.03. The van der Waals surface area contributed by atoms with Crippen LogP contribution < -0.4 is 11.5 Å². The fourth-order valence-electron chi connectivity index (χ4n) is 3.54. The van der Waals surface area contributed by atoms with E-state index in [0.717, 1.165) is 11.8 Å². The van der Waals surface area contributed by atoms with Crippen molar-refractivity contribution < 1.29 is 0 Å². The second-order valence-corrected chi connectivity index (χ2v) is 6.15. The minimum absolute atomic E-state index is 0.491. The molecule has 2 atom stereocenters. The summed E-state index contributed by atoms with van der Waals surface area (Å²) in [7, 11) is 0. The number of rotatable bonds is 2. The third kappa shape index (κ3) is 3.74. The summed E-state index contributed by atoms with van der Waals surface area (Å²) in [5.74, 6) is 1.94. The number of hydrogen-bond acceptors (Lipinski definition) is 2. The van der Waals surface area contributed by atoms with Crippen LogP contribution >= 0.6 is 0 Å². The summed E-state index contributed by atoms with van der Waals surface area (Å²) in [6, 6.07) is 0.989. The summed E-state index contributed by atoms with van der Waals surface area (Å²) in [5.41, 5.74) is 12.0. The van der Waals surface area contributed by atoms with Gasteiger partial charge in [-0.3, -0.25) is 0 Å². The molecule has 0 saturated heterocycles. The Morgan fingerprint density at radius 1 is 0.625 bits per heavy atom. The van der Waals surface area contributed by atoms with Crippen LogP contribution in [0.15, 0.2) is 0 Å². The second-order valence-electron chi connectivity index (χ2n) is 6.15. The van der Waals surface area contributed by atoms with E-state index in [0.29, 0.717) is 12.1 Å². The van der Waals surface area contributed by atoms with Crippen LogP contribution in [0.3, 0.4) is 0 Å². The average Bonchev–Trinajstić information content (AvgIpc) is 2.47. The fourth-order valence-corrected chi connectivity index (χ4v) is 3.54. The molecule has 94 valence electrons. The zero-order valence-corrected chi connectivity index (χ0v) is 10.5. The van der Waals surface area contributed by atoms with Gasteiger partial charge in [0, 0.05) is 12.1 Å². The van der Waals surface area contributed by atoms with E-state index in [-0.39, 0.29) is 0 Å². The molecule has 16 heavy (non-hydrogen) atoms. The summed E-state index contributed by atoms with van der Waals surface area (Å²) in [6.45, 7) is 0.